The van der Waals surface area contributed by atoms with Gasteiger partial charge in [0.15, 0.2) is 0 Å². The molecule has 15 aliphatic carbocycles. The molecule has 7 N–H and O–H groups in total. The van der Waals surface area contributed by atoms with Gasteiger partial charge in [-0.2, -0.15) is 0 Å². The highest BCUT2D eigenvalue weighted by atomic mass is 16.5. The third-order valence-electron chi connectivity index (χ3n) is 30.2. The van der Waals surface area contributed by atoms with E-state index in [4.69, 9.17) is 4.74 Å². The van der Waals surface area contributed by atoms with Gasteiger partial charge in [-0.1, -0.05) is 130 Å². The summed E-state index contributed by atoms with van der Waals surface area (Å²) in [6, 6.07) is 24.9. The van der Waals surface area contributed by atoms with Crippen LogP contribution in [-0.2, 0) is 45.6 Å². The molecule has 10 fully saturated rings. The zero-order valence-corrected chi connectivity index (χ0v) is 53.3. The molecule has 3 aromatic carbocycles. The highest BCUT2D eigenvalue weighted by Crippen LogP contribution is 2.81. The van der Waals surface area contributed by atoms with E-state index in [-0.39, 0.29) is 72.8 Å². The van der Waals surface area contributed by atoms with Crippen molar-refractivity contribution in [1.29, 1.82) is 0 Å². The van der Waals surface area contributed by atoms with E-state index in [1.807, 2.05) is 19.2 Å². The summed E-state index contributed by atoms with van der Waals surface area (Å²) < 4.78 is 6.61. The Kier molecular flexibility index (Phi) is 14.0. The van der Waals surface area contributed by atoms with Crippen molar-refractivity contribution in [2.75, 3.05) is 7.05 Å². The number of fused-ring (bicyclic) bond motifs is 4. The highest BCUT2D eigenvalue weighted by molar-refractivity contribution is 5.86. The molecule has 10 nitrogen and oxygen atoms in total. The third kappa shape index (κ3) is 8.14. The fraction of sp³-hybridized carbons (Fsp3) is 0.675. The summed E-state index contributed by atoms with van der Waals surface area (Å²) in [5.41, 5.74) is -1.51. The Bertz CT molecular complexity index is 3490. The first-order valence-corrected chi connectivity index (χ1v) is 36.3. The first-order valence-electron chi connectivity index (χ1n) is 36.3. The Morgan fingerprint density at radius 3 is 2.27 bits per heavy atom. The van der Waals surface area contributed by atoms with Crippen molar-refractivity contribution in [3.05, 3.63) is 129 Å². The Morgan fingerprint density at radius 1 is 0.711 bits per heavy atom. The van der Waals surface area contributed by atoms with E-state index in [0.717, 1.165) is 106 Å². The average molecular weight is 1220 g/mol. The number of rotatable bonds is 4. The van der Waals surface area contributed by atoms with Crippen LogP contribution in [0, 0.1) is 105 Å². The Morgan fingerprint density at radius 2 is 1.48 bits per heavy atom. The highest BCUT2D eigenvalue weighted by Gasteiger charge is 2.87. The van der Waals surface area contributed by atoms with Crippen molar-refractivity contribution in [3.63, 3.8) is 0 Å². The summed E-state index contributed by atoms with van der Waals surface area (Å²) in [5, 5.41) is 89.2. The molecule has 16 aliphatic rings. The molecule has 0 saturated heterocycles. The molecule has 22 unspecified atom stereocenters. The van der Waals surface area contributed by atoms with Crippen LogP contribution in [0.5, 0.6) is 0 Å². The van der Waals surface area contributed by atoms with Gasteiger partial charge in [-0.25, -0.2) is 4.79 Å². The number of aliphatic hydroxyl groups excluding tert-OH is 3. The molecule has 4 spiro atoms. The largest absolute Gasteiger partial charge is 0.454 e. The number of carbonyl (C=O) groups is 2. The summed E-state index contributed by atoms with van der Waals surface area (Å²) in [6.07, 6.45) is 26.5. The molecule has 478 valence electrons. The predicted molar refractivity (Wildman–Crippen MR) is 344 cm³/mol. The molecule has 90 heavy (non-hydrogen) atoms. The van der Waals surface area contributed by atoms with Crippen LogP contribution in [0.1, 0.15) is 199 Å². The van der Waals surface area contributed by atoms with Crippen molar-refractivity contribution in [2.45, 2.75) is 233 Å². The zero-order chi connectivity index (χ0) is 61.4. The fourth-order valence-corrected chi connectivity index (χ4v) is 26.7. The smallest absolute Gasteiger partial charge is 0.331 e. The minimum Gasteiger partial charge on any atom is -0.454 e. The lowest BCUT2D eigenvalue weighted by molar-refractivity contribution is -0.385. The van der Waals surface area contributed by atoms with E-state index in [9.17, 15) is 25.2 Å². The van der Waals surface area contributed by atoms with Crippen LogP contribution < -0.4 is 5.32 Å². The van der Waals surface area contributed by atoms with Crippen molar-refractivity contribution < 1.29 is 45.0 Å². The number of aliphatic hydroxyl groups is 6. The fourth-order valence-electron chi connectivity index (χ4n) is 26.7. The minimum absolute atomic E-state index is 0.00979. The lowest BCUT2D eigenvalue weighted by Crippen LogP contribution is -2.86. The standard InChI is InChI=1S/C80H99NO9/c1-81-66-39-60-53(15-9-17-55(60)44-82)25-30-73-29-23-51(41-73)33-50-12-8-19-58(35-50)75(27-5-2-6-28-75)57-18-7-11-48(34-57)21-22-49-24-31-74(42-49)46-77(47-83)67-26-32-76(45-73)69-56(36-62(66)70-63(69)40-68(84)90-70)43-78(76,87)80(67,89)72(86)65-38-61-54(37-64(71(74)85)79(65,77)88)16-10-20-59(61)52-13-3-4-14-52/h7-12,15-19,34-35,40,47,49,51-52,54,56,59,61-62,64-67,69-72,81-82,85-89H,2-6,13-14,20-24,26-29,31-33,36-39,41-46H2,1H3. The van der Waals surface area contributed by atoms with Gasteiger partial charge >= 0.3 is 5.97 Å². The second-order valence-corrected chi connectivity index (χ2v) is 33.5. The van der Waals surface area contributed by atoms with Crippen LogP contribution in [-0.4, -0.2) is 91.1 Å². The van der Waals surface area contributed by atoms with Crippen LogP contribution >= 0.6 is 0 Å². The van der Waals surface area contributed by atoms with Gasteiger partial charge in [-0.15, -0.1) is 0 Å². The lowest BCUT2D eigenvalue weighted by Gasteiger charge is -2.75. The predicted octanol–water partition coefficient (Wildman–Crippen LogP) is 11.5. The summed E-state index contributed by atoms with van der Waals surface area (Å²) in [7, 11) is 1.96. The zero-order valence-electron chi connectivity index (χ0n) is 53.3. The summed E-state index contributed by atoms with van der Waals surface area (Å²) >= 11 is 0. The van der Waals surface area contributed by atoms with Crippen LogP contribution in [0.25, 0.3) is 0 Å². The number of esters is 1. The van der Waals surface area contributed by atoms with Crippen molar-refractivity contribution in [1.82, 2.24) is 5.32 Å². The minimum atomic E-state index is -2.29. The molecule has 15 bridgehead atoms. The van der Waals surface area contributed by atoms with Crippen LogP contribution in [0.15, 0.2) is 90.5 Å². The van der Waals surface area contributed by atoms with Gasteiger partial charge in [-0.3, -0.25) is 0 Å². The maximum Gasteiger partial charge on any atom is 0.331 e. The van der Waals surface area contributed by atoms with Crippen LogP contribution in [0.2, 0.25) is 0 Å². The molecule has 0 amide bonds. The van der Waals surface area contributed by atoms with Gasteiger partial charge in [0.25, 0.3) is 0 Å². The molecule has 0 aromatic heterocycles. The molecule has 22 atom stereocenters. The molecule has 3 aromatic rings. The van der Waals surface area contributed by atoms with E-state index < -0.39 is 86.4 Å². The molecular formula is C80H99NO9. The molecule has 10 saturated carbocycles. The van der Waals surface area contributed by atoms with Crippen molar-refractivity contribution in [2.24, 2.45) is 92.7 Å². The number of likely N-dealkylation sites (N-methyl/N-ethyl adjacent to an activating group) is 1. The number of nitrogens with one attached hydrogen (secondary N) is 1. The summed E-state index contributed by atoms with van der Waals surface area (Å²) in [4.78, 5) is 30.1. The first-order chi connectivity index (χ1) is 43.6. The van der Waals surface area contributed by atoms with E-state index in [2.05, 4.69) is 83.9 Å². The maximum atomic E-state index is 15.8. The Hall–Kier alpha value is -4.44. The number of benzene rings is 3. The SMILES string of the molecule is CNC1Cc2c(cccc2CO)C#CC23CCC(Cc4cccc(c4)C4(CCCCC4)c4cccc(c4)CCC4CCC5(C4)CC4(C=O)C6CCC7(C2)C2C8=CC(=O)OC8C1CC2CC7(O)C6(O)C(O)C1CC2C(C=CCC2C2CCCC2)CC(C5O)C14O)C3. The van der Waals surface area contributed by atoms with E-state index in [0.29, 0.717) is 63.2 Å². The van der Waals surface area contributed by atoms with Crippen LogP contribution in [0.3, 0.4) is 0 Å². The Labute approximate surface area is 533 Å². The number of hydrogen-bond acceptors (Lipinski definition) is 10. The first kappa shape index (κ1) is 59.3. The average Bonchev–Trinajstić information content (AvgIpc) is 1.24. The monoisotopic (exact) mass is 1220 g/mol. The van der Waals surface area contributed by atoms with Gasteiger partial charge in [0, 0.05) is 57.6 Å². The number of ether oxygens (including phenoxy) is 1. The van der Waals surface area contributed by atoms with Crippen LogP contribution in [0.4, 0.5) is 0 Å². The molecular weight excluding hydrogens is 1120 g/mol. The van der Waals surface area contributed by atoms with Gasteiger partial charge < -0.3 is 45.5 Å². The topological polar surface area (TPSA) is 177 Å². The normalized spacial score (nSPS) is 46.8. The number of aldehydes is 1. The van der Waals surface area contributed by atoms with Gasteiger partial charge in [0.2, 0.25) is 0 Å². The van der Waals surface area contributed by atoms with Gasteiger partial charge in [0.05, 0.1) is 29.8 Å². The Balaban J connectivity index is 0.898. The van der Waals surface area contributed by atoms with E-state index in [1.54, 1.807) is 6.08 Å². The quantitative estimate of drug-likeness (QED) is 0.0576. The van der Waals surface area contributed by atoms with Gasteiger partial charge in [0.1, 0.15) is 23.6 Å². The molecule has 19 rings (SSSR count). The number of allylic oxidation sites excluding steroid dienone is 2. The van der Waals surface area contributed by atoms with Gasteiger partial charge in [-0.05, 0) is 240 Å². The number of aryl methyl sites for hydroxylation is 1. The number of hydrogen-bond donors (Lipinski definition) is 7. The van der Waals surface area contributed by atoms with E-state index >= 15 is 15.0 Å². The maximum absolute atomic E-state index is 15.8. The lowest BCUT2D eigenvalue weighted by atomic mass is 9.32. The van der Waals surface area contributed by atoms with E-state index in [1.165, 1.54) is 54.4 Å². The second kappa shape index (κ2) is 21.3. The molecule has 1 aliphatic heterocycles. The molecule has 1 heterocycles. The summed E-state index contributed by atoms with van der Waals surface area (Å²) in [5.74, 6) is 5.18. The summed E-state index contributed by atoms with van der Waals surface area (Å²) in [6.45, 7) is -0.142. The van der Waals surface area contributed by atoms with Crippen molar-refractivity contribution >= 4 is 12.3 Å². The second-order valence-electron chi connectivity index (χ2n) is 33.5. The van der Waals surface area contributed by atoms with Crippen molar-refractivity contribution in [3.8, 4) is 11.8 Å². The third-order valence-corrected chi connectivity index (χ3v) is 30.2. The molecule has 0 radical (unpaired) electrons. The molecule has 10 heteroatoms. The number of carbonyl (C=O) groups excluding carboxylic acids is 2.